The van der Waals surface area contributed by atoms with Crippen LogP contribution in [0.25, 0.3) is 55.7 Å². The maximum Gasteiger partial charge on any atom is 3.00 e. The molecule has 5 aromatic carbocycles. The molecule has 0 aliphatic rings. The molecule has 0 saturated heterocycles. The standard InChI is InChI=1S/C54H41N4O.Ir/c1-54(2,45-23-27-51(58-36-45)48-15-9-14-47-46-24-20-41(33-55)31-52(46)59-53(47)48)32-42-29-39(18-16-37-21-25-49(56-34-37)43-10-5-3-6-11-43)28-40(30-42)19-17-38-22-26-50(57-35-38)44-12-7-4-8-13-44;/h3-10,12,14,20-31,34-36H,16-19,32H2,1-2H3;/q-3;+3/i16D2,17D2,18D2,19D2,20D,31D,32D2;. The minimum absolute atomic E-state index is 0. The van der Waals surface area contributed by atoms with E-state index in [0.29, 0.717) is 55.7 Å². The summed E-state index contributed by atoms with van der Waals surface area (Å²) in [6.45, 7) is 3.19. The topological polar surface area (TPSA) is 75.6 Å². The average molecular weight is 966 g/mol. The summed E-state index contributed by atoms with van der Waals surface area (Å²) in [6, 6.07) is 42.4. The fourth-order valence-corrected chi connectivity index (χ4v) is 6.70. The van der Waals surface area contributed by atoms with E-state index in [4.69, 9.17) is 7.16 Å². The van der Waals surface area contributed by atoms with Gasteiger partial charge in [-0.05, 0) is 99.8 Å². The van der Waals surface area contributed by atoms with Gasteiger partial charge < -0.3 is 19.4 Å². The summed E-state index contributed by atoms with van der Waals surface area (Å²) in [5.41, 5.74) is 0.723. The number of aromatic nitrogens is 3. The molecule has 6 heteroatoms. The van der Waals surface area contributed by atoms with Gasteiger partial charge >= 0.3 is 20.1 Å². The molecular formula is C54H41IrN4O. The molecular weight excluding hydrogens is 913 g/mol. The number of aryl methyl sites for hydroxylation is 4. The van der Waals surface area contributed by atoms with E-state index in [-0.39, 0.29) is 60.0 Å². The van der Waals surface area contributed by atoms with Crippen LogP contribution in [-0.2, 0) is 57.4 Å². The van der Waals surface area contributed by atoms with Gasteiger partial charge in [-0.3, -0.25) is 0 Å². The Hall–Kier alpha value is -6.51. The van der Waals surface area contributed by atoms with Crippen LogP contribution >= 0.6 is 0 Å². The van der Waals surface area contributed by atoms with Gasteiger partial charge in [0.15, 0.2) is 0 Å². The Morgan fingerprint density at radius 3 is 1.80 bits per heavy atom. The van der Waals surface area contributed by atoms with Crippen molar-refractivity contribution in [2.24, 2.45) is 0 Å². The molecule has 0 spiro atoms. The molecule has 0 aliphatic carbocycles. The second kappa shape index (κ2) is 17.8. The Balaban J connectivity index is 0.00000693. The minimum atomic E-state index is -2.99. The Bertz CT molecular complexity index is 3380. The Kier molecular flexibility index (Phi) is 8.31. The van der Waals surface area contributed by atoms with Crippen LogP contribution in [0.2, 0.25) is 0 Å². The van der Waals surface area contributed by atoms with E-state index >= 15 is 0 Å². The quantitative estimate of drug-likeness (QED) is 0.114. The first-order valence-electron chi connectivity index (χ1n) is 24.8. The monoisotopic (exact) mass is 966 g/mol. The largest absolute Gasteiger partial charge is 3.00 e. The molecule has 0 fully saturated rings. The summed E-state index contributed by atoms with van der Waals surface area (Å²) in [5.74, 6) is 0. The average Bonchev–Trinajstić information content (AvgIpc) is 3.75. The van der Waals surface area contributed by atoms with Gasteiger partial charge in [-0.2, -0.15) is 5.26 Å². The summed E-state index contributed by atoms with van der Waals surface area (Å²) in [5, 5.41) is 10.6. The summed E-state index contributed by atoms with van der Waals surface area (Å²) < 4.78 is 118. The van der Waals surface area contributed by atoms with Crippen molar-refractivity contribution in [2.45, 2.75) is 51.1 Å². The van der Waals surface area contributed by atoms with Crippen LogP contribution in [0, 0.1) is 29.5 Å². The minimum Gasteiger partial charge on any atom is -0.501 e. The van der Waals surface area contributed by atoms with Crippen LogP contribution in [0.3, 0.4) is 0 Å². The SMILES string of the molecule is [2H]c1cc2c(oc3c(-c4ccc(C(C)(C)C([2H])([2H])c5cc(C([2H])([2H])C([2H])([2H])c6ccc(-c7[c-]cccc7)nc6)cc(C([2H])([2H])C([2H])([2H])c6ccc(-c7[c-]cccc7)nc6)c5)cn4)[c-]ccc32)c([2H])c1C#N.[Ir+3]. The summed E-state index contributed by atoms with van der Waals surface area (Å²) >= 11 is 0. The first-order chi connectivity index (χ1) is 33.5. The predicted octanol–water partition coefficient (Wildman–Crippen LogP) is 12.1. The number of pyridine rings is 3. The number of fused-ring (bicyclic) bond motifs is 3. The second-order valence-electron chi connectivity index (χ2n) is 14.2. The van der Waals surface area contributed by atoms with Crippen molar-refractivity contribution >= 4 is 21.9 Å². The maximum atomic E-state index is 9.82. The first-order valence-corrected chi connectivity index (χ1v) is 18.8. The van der Waals surface area contributed by atoms with Crippen LogP contribution < -0.4 is 0 Å². The molecule has 9 rings (SSSR count). The number of nitriles is 1. The van der Waals surface area contributed by atoms with Crippen molar-refractivity contribution in [3.05, 3.63) is 209 Å². The fraction of sp³-hybridized carbons (Fsp3) is 0.148. The fourth-order valence-electron chi connectivity index (χ4n) is 6.70. The van der Waals surface area contributed by atoms with Crippen molar-refractivity contribution in [3.63, 3.8) is 0 Å². The molecule has 292 valence electrons. The first kappa shape index (κ1) is 28.0. The zero-order valence-electron chi connectivity index (χ0n) is 44.3. The van der Waals surface area contributed by atoms with Gasteiger partial charge in [0.05, 0.1) is 20.0 Å². The molecule has 0 aliphatic heterocycles. The van der Waals surface area contributed by atoms with Crippen LogP contribution in [0.5, 0.6) is 0 Å². The van der Waals surface area contributed by atoms with E-state index in [2.05, 4.69) is 33.2 Å². The van der Waals surface area contributed by atoms with Crippen molar-refractivity contribution in [1.29, 1.82) is 5.26 Å². The predicted molar refractivity (Wildman–Crippen MR) is 236 cm³/mol. The van der Waals surface area contributed by atoms with Gasteiger partial charge in [0.2, 0.25) is 0 Å². The Morgan fingerprint density at radius 1 is 0.650 bits per heavy atom. The van der Waals surface area contributed by atoms with Crippen LogP contribution in [-0.4, -0.2) is 15.0 Å². The number of benzene rings is 5. The van der Waals surface area contributed by atoms with E-state index in [1.165, 1.54) is 48.9 Å². The number of nitrogens with zero attached hydrogens (tertiary/aromatic N) is 4. The zero-order valence-corrected chi connectivity index (χ0v) is 34.7. The molecule has 4 aromatic heterocycles. The smallest absolute Gasteiger partial charge is 0.501 e. The number of hydrogen-bond acceptors (Lipinski definition) is 5. The van der Waals surface area contributed by atoms with Crippen LogP contribution in [0.1, 0.15) is 69.2 Å². The molecule has 60 heavy (non-hydrogen) atoms. The van der Waals surface area contributed by atoms with Gasteiger partial charge in [0.25, 0.3) is 0 Å². The maximum absolute atomic E-state index is 9.82. The van der Waals surface area contributed by atoms with E-state index in [0.717, 1.165) is 6.07 Å². The van der Waals surface area contributed by atoms with Crippen molar-refractivity contribution in [2.75, 3.05) is 0 Å². The number of hydrogen-bond donors (Lipinski definition) is 0. The molecule has 0 radical (unpaired) electrons. The molecule has 0 saturated carbocycles. The second-order valence-corrected chi connectivity index (χ2v) is 14.2. The van der Waals surface area contributed by atoms with Gasteiger partial charge in [-0.1, -0.05) is 85.5 Å². The molecule has 4 heterocycles. The van der Waals surface area contributed by atoms with E-state index in [9.17, 15) is 19.0 Å². The number of furan rings is 1. The third-order valence-corrected chi connectivity index (χ3v) is 9.73. The molecule has 0 amide bonds. The van der Waals surface area contributed by atoms with Crippen LogP contribution in [0.15, 0.2) is 156 Å². The van der Waals surface area contributed by atoms with Gasteiger partial charge in [-0.25, -0.2) is 0 Å². The van der Waals surface area contributed by atoms with Crippen molar-refractivity contribution in [3.8, 4) is 39.8 Å². The van der Waals surface area contributed by atoms with Crippen molar-refractivity contribution in [1.82, 2.24) is 15.0 Å². The Morgan fingerprint density at radius 2 is 1.25 bits per heavy atom. The number of rotatable bonds is 12. The van der Waals surface area contributed by atoms with Crippen LogP contribution in [0.4, 0.5) is 0 Å². The summed E-state index contributed by atoms with van der Waals surface area (Å²) in [4.78, 5) is 13.5. The third-order valence-electron chi connectivity index (χ3n) is 9.73. The zero-order chi connectivity index (χ0) is 50.9. The van der Waals surface area contributed by atoms with Crippen molar-refractivity contribution < 1.29 is 41.0 Å². The molecule has 0 atom stereocenters. The van der Waals surface area contributed by atoms with E-state index in [1.807, 2.05) is 6.07 Å². The van der Waals surface area contributed by atoms with Gasteiger partial charge in [-0.15, -0.1) is 90.0 Å². The van der Waals surface area contributed by atoms with Gasteiger partial charge in [0, 0.05) is 37.7 Å². The molecule has 5 nitrogen and oxygen atoms in total. The summed E-state index contributed by atoms with van der Waals surface area (Å²) in [7, 11) is 0. The molecule has 0 unspecified atom stereocenters. The molecule has 9 aromatic rings. The Labute approximate surface area is 382 Å². The summed E-state index contributed by atoms with van der Waals surface area (Å²) in [6.07, 6.45) is -10.3. The van der Waals surface area contributed by atoms with Gasteiger partial charge in [0.1, 0.15) is 5.58 Å². The normalized spacial score (nSPS) is 15.5. The van der Waals surface area contributed by atoms with E-state index in [1.54, 1.807) is 98.8 Å². The molecule has 0 N–H and O–H groups in total. The molecule has 0 bridgehead atoms. The van der Waals surface area contributed by atoms with E-state index < -0.39 is 48.4 Å². The third kappa shape index (κ3) is 8.89.